The first-order valence-electron chi connectivity index (χ1n) is 8.95. The average Bonchev–Trinajstić information content (AvgIpc) is 2.62. The molecule has 2 aromatic rings. The molecule has 2 aromatic carbocycles. The van der Waals surface area contributed by atoms with Crippen molar-refractivity contribution in [2.75, 3.05) is 12.9 Å². The van der Waals surface area contributed by atoms with Crippen LogP contribution >= 0.6 is 35.0 Å². The maximum Gasteiger partial charge on any atom is 0.230 e. The third kappa shape index (κ3) is 5.28. The predicted molar refractivity (Wildman–Crippen MR) is 116 cm³/mol. The smallest absolute Gasteiger partial charge is 0.230 e. The van der Waals surface area contributed by atoms with E-state index in [1.165, 1.54) is 11.8 Å². The number of nitrogens with one attached hydrogen (secondary N) is 1. The van der Waals surface area contributed by atoms with Gasteiger partial charge in [-0.3, -0.25) is 4.79 Å². The molecule has 0 spiro atoms. The quantitative estimate of drug-likeness (QED) is 0.630. The number of methoxy groups -OCH3 is 1. The molecule has 1 heterocycles. The minimum Gasteiger partial charge on any atom is -0.497 e. The van der Waals surface area contributed by atoms with E-state index in [4.69, 9.17) is 32.7 Å². The third-order valence-corrected chi connectivity index (χ3v) is 6.08. The van der Waals surface area contributed by atoms with Gasteiger partial charge >= 0.3 is 0 Å². The number of hydrogen-bond acceptors (Lipinski definition) is 4. The lowest BCUT2D eigenvalue weighted by molar-refractivity contribution is -0.119. The fourth-order valence-corrected chi connectivity index (χ4v) is 4.61. The van der Waals surface area contributed by atoms with Gasteiger partial charge in [0.05, 0.1) is 18.9 Å². The number of benzene rings is 2. The molecule has 150 valence electrons. The van der Waals surface area contributed by atoms with Gasteiger partial charge < -0.3 is 14.8 Å². The Labute approximate surface area is 179 Å². The minimum atomic E-state index is -0.358. The Morgan fingerprint density at radius 1 is 1.29 bits per heavy atom. The van der Waals surface area contributed by atoms with E-state index in [9.17, 15) is 4.79 Å². The number of ether oxygens (including phenoxy) is 2. The van der Waals surface area contributed by atoms with E-state index < -0.39 is 0 Å². The molecule has 0 aromatic heterocycles. The molecule has 4 nitrogen and oxygen atoms in total. The highest BCUT2D eigenvalue weighted by Gasteiger charge is 2.34. The van der Waals surface area contributed by atoms with Crippen molar-refractivity contribution in [1.29, 1.82) is 0 Å². The SMILES string of the molecule is COc1ccc2c(c1)[C@H](NC(=O)CSCc1ccc(Cl)cc1Cl)CC(C)(C)O2. The molecule has 1 atom stereocenters. The summed E-state index contributed by atoms with van der Waals surface area (Å²) in [6.45, 7) is 4.05. The first-order valence-corrected chi connectivity index (χ1v) is 10.9. The number of amides is 1. The largest absolute Gasteiger partial charge is 0.497 e. The van der Waals surface area contributed by atoms with Crippen LogP contribution < -0.4 is 14.8 Å². The van der Waals surface area contributed by atoms with E-state index >= 15 is 0 Å². The number of fused-ring (bicyclic) bond motifs is 1. The number of carbonyl (C=O) groups excluding carboxylic acids is 1. The summed E-state index contributed by atoms with van der Waals surface area (Å²) in [6.07, 6.45) is 0.687. The first-order chi connectivity index (χ1) is 13.3. The lowest BCUT2D eigenvalue weighted by Gasteiger charge is -2.38. The maximum atomic E-state index is 12.6. The van der Waals surface area contributed by atoms with Crippen LogP contribution in [0.1, 0.15) is 37.4 Å². The molecule has 0 bridgehead atoms. The molecule has 0 aliphatic carbocycles. The first kappa shape index (κ1) is 21.2. The van der Waals surface area contributed by atoms with Gasteiger partial charge in [-0.25, -0.2) is 0 Å². The van der Waals surface area contributed by atoms with Crippen molar-refractivity contribution in [3.05, 3.63) is 57.6 Å². The molecule has 1 aliphatic heterocycles. The molecule has 1 aliphatic rings. The number of carbonyl (C=O) groups is 1. The van der Waals surface area contributed by atoms with Crippen LogP contribution in [0, 0.1) is 0 Å². The molecule has 0 saturated carbocycles. The highest BCUT2D eigenvalue weighted by atomic mass is 35.5. The minimum absolute atomic E-state index is 0.0217. The van der Waals surface area contributed by atoms with E-state index in [-0.39, 0.29) is 17.6 Å². The summed E-state index contributed by atoms with van der Waals surface area (Å²) in [5, 5.41) is 4.37. The monoisotopic (exact) mass is 439 g/mol. The van der Waals surface area contributed by atoms with Crippen LogP contribution in [-0.2, 0) is 10.5 Å². The fraction of sp³-hybridized carbons (Fsp3) is 0.381. The second-order valence-electron chi connectivity index (χ2n) is 7.32. The molecule has 3 rings (SSSR count). The van der Waals surface area contributed by atoms with Crippen LogP contribution in [0.25, 0.3) is 0 Å². The Kier molecular flexibility index (Phi) is 6.69. The molecule has 7 heteroatoms. The number of halogens is 2. The fourth-order valence-electron chi connectivity index (χ4n) is 3.22. The summed E-state index contributed by atoms with van der Waals surface area (Å²) < 4.78 is 11.4. The van der Waals surface area contributed by atoms with E-state index in [1.54, 1.807) is 19.2 Å². The Hall–Kier alpha value is -1.56. The summed E-state index contributed by atoms with van der Waals surface area (Å²) in [5.74, 6) is 2.49. The van der Waals surface area contributed by atoms with E-state index in [0.717, 1.165) is 22.6 Å². The van der Waals surface area contributed by atoms with Crippen LogP contribution in [0.15, 0.2) is 36.4 Å². The zero-order chi connectivity index (χ0) is 20.3. The van der Waals surface area contributed by atoms with Crippen molar-refractivity contribution in [3.8, 4) is 11.5 Å². The van der Waals surface area contributed by atoms with Gasteiger partial charge in [-0.1, -0.05) is 29.3 Å². The lowest BCUT2D eigenvalue weighted by Crippen LogP contribution is -2.41. The normalized spacial score (nSPS) is 17.4. The van der Waals surface area contributed by atoms with Gasteiger partial charge in [0.2, 0.25) is 5.91 Å². The van der Waals surface area contributed by atoms with Crippen molar-refractivity contribution in [2.24, 2.45) is 0 Å². The summed E-state index contributed by atoms with van der Waals surface area (Å²) in [7, 11) is 1.63. The van der Waals surface area contributed by atoms with Crippen molar-refractivity contribution in [1.82, 2.24) is 5.32 Å². The second-order valence-corrected chi connectivity index (χ2v) is 9.15. The number of thioether (sulfide) groups is 1. The third-order valence-electron chi connectivity index (χ3n) is 4.52. The van der Waals surface area contributed by atoms with Crippen molar-refractivity contribution in [3.63, 3.8) is 0 Å². The van der Waals surface area contributed by atoms with Crippen LogP contribution in [0.3, 0.4) is 0 Å². The van der Waals surface area contributed by atoms with Gasteiger partial charge in [0, 0.05) is 27.8 Å². The molecule has 1 amide bonds. The summed E-state index contributed by atoms with van der Waals surface area (Å²) in [5.41, 5.74) is 1.55. The second kappa shape index (κ2) is 8.85. The molecule has 1 N–H and O–H groups in total. The molecule has 28 heavy (non-hydrogen) atoms. The Morgan fingerprint density at radius 2 is 2.07 bits per heavy atom. The average molecular weight is 440 g/mol. The molecular weight excluding hydrogens is 417 g/mol. The zero-order valence-corrected chi connectivity index (χ0v) is 18.4. The highest BCUT2D eigenvalue weighted by Crippen LogP contribution is 2.41. The van der Waals surface area contributed by atoms with Gasteiger partial charge in [-0.15, -0.1) is 11.8 Å². The Balaban J connectivity index is 1.63. The van der Waals surface area contributed by atoms with Crippen LogP contribution in [0.2, 0.25) is 10.0 Å². The van der Waals surface area contributed by atoms with Gasteiger partial charge in [-0.2, -0.15) is 0 Å². The molecule has 0 fully saturated rings. The molecule has 0 unspecified atom stereocenters. The van der Waals surface area contributed by atoms with E-state index in [2.05, 4.69) is 5.32 Å². The lowest BCUT2D eigenvalue weighted by atomic mass is 9.89. The maximum absolute atomic E-state index is 12.6. The molecule has 0 saturated heterocycles. The molecule has 0 radical (unpaired) electrons. The van der Waals surface area contributed by atoms with Crippen molar-refractivity contribution >= 4 is 40.9 Å². The van der Waals surface area contributed by atoms with E-state index in [1.807, 2.05) is 38.1 Å². The number of rotatable bonds is 6. The van der Waals surface area contributed by atoms with Crippen LogP contribution in [0.5, 0.6) is 11.5 Å². The topological polar surface area (TPSA) is 47.6 Å². The number of hydrogen-bond donors (Lipinski definition) is 1. The Morgan fingerprint density at radius 3 is 2.79 bits per heavy atom. The summed E-state index contributed by atoms with van der Waals surface area (Å²) in [4.78, 5) is 12.6. The standard InChI is InChI=1S/C21H23Cl2NO3S/c1-21(2)10-18(16-9-15(26-3)6-7-19(16)27-21)24-20(25)12-28-11-13-4-5-14(22)8-17(13)23/h4-9,18H,10-12H2,1-3H3,(H,24,25)/t18-/m1/s1. The van der Waals surface area contributed by atoms with E-state index in [0.29, 0.717) is 28.0 Å². The van der Waals surface area contributed by atoms with Gasteiger partial charge in [0.1, 0.15) is 17.1 Å². The van der Waals surface area contributed by atoms with Crippen LogP contribution in [-0.4, -0.2) is 24.4 Å². The van der Waals surface area contributed by atoms with Gasteiger partial charge in [-0.05, 0) is 49.7 Å². The summed E-state index contributed by atoms with van der Waals surface area (Å²) in [6, 6.07) is 11.0. The summed E-state index contributed by atoms with van der Waals surface area (Å²) >= 11 is 13.6. The Bertz CT molecular complexity index is 873. The highest BCUT2D eigenvalue weighted by molar-refractivity contribution is 7.99. The van der Waals surface area contributed by atoms with Crippen LogP contribution in [0.4, 0.5) is 0 Å². The predicted octanol–water partition coefficient (Wildman–Crippen LogP) is 5.65. The zero-order valence-electron chi connectivity index (χ0n) is 16.1. The van der Waals surface area contributed by atoms with Gasteiger partial charge in [0.15, 0.2) is 0 Å². The van der Waals surface area contributed by atoms with Crippen molar-refractivity contribution < 1.29 is 14.3 Å². The molecular formula is C21H23Cl2NO3S. The van der Waals surface area contributed by atoms with Crippen molar-refractivity contribution in [2.45, 2.75) is 37.7 Å². The van der Waals surface area contributed by atoms with Gasteiger partial charge in [0.25, 0.3) is 0 Å².